The first-order valence-electron chi connectivity index (χ1n) is 6.77. The van der Waals surface area contributed by atoms with E-state index in [1.54, 1.807) is 0 Å². The van der Waals surface area contributed by atoms with E-state index in [4.69, 9.17) is 5.11 Å². The molecule has 2 rings (SSSR count). The molecule has 0 bridgehead atoms. The number of para-hydroxylation sites is 1. The van der Waals surface area contributed by atoms with Gasteiger partial charge in [-0.2, -0.15) is 0 Å². The molecule has 0 amide bonds. The maximum atomic E-state index is 13.8. The summed E-state index contributed by atoms with van der Waals surface area (Å²) in [6.45, 7) is 4.35. The van der Waals surface area contributed by atoms with E-state index in [0.717, 1.165) is 19.3 Å². The highest BCUT2D eigenvalue weighted by molar-refractivity contribution is 5.94. The van der Waals surface area contributed by atoms with Gasteiger partial charge in [0, 0.05) is 6.04 Å². The average molecular weight is 265 g/mol. The van der Waals surface area contributed by atoms with Gasteiger partial charge in [-0.3, -0.25) is 0 Å². The van der Waals surface area contributed by atoms with Crippen molar-refractivity contribution >= 4 is 11.7 Å². The van der Waals surface area contributed by atoms with Crippen molar-refractivity contribution in [1.29, 1.82) is 0 Å². The zero-order valence-electron chi connectivity index (χ0n) is 11.3. The lowest BCUT2D eigenvalue weighted by molar-refractivity contribution is 0.0697. The molecule has 0 spiro atoms. The molecule has 4 heteroatoms. The Hall–Kier alpha value is -1.58. The van der Waals surface area contributed by atoms with Crippen LogP contribution in [0.4, 0.5) is 10.1 Å². The molecular formula is C15H20FNO2. The van der Waals surface area contributed by atoms with Gasteiger partial charge in [0.25, 0.3) is 0 Å². The van der Waals surface area contributed by atoms with Crippen LogP contribution in [-0.2, 0) is 0 Å². The van der Waals surface area contributed by atoms with Crippen LogP contribution in [0.2, 0.25) is 0 Å². The lowest BCUT2D eigenvalue weighted by Gasteiger charge is -2.34. The van der Waals surface area contributed by atoms with Gasteiger partial charge in [-0.1, -0.05) is 19.9 Å². The number of aromatic carboxylic acids is 1. The predicted octanol–water partition coefficient (Wildman–Crippen LogP) is 3.76. The fourth-order valence-electron chi connectivity index (χ4n) is 2.91. The van der Waals surface area contributed by atoms with Crippen molar-refractivity contribution < 1.29 is 14.3 Å². The highest BCUT2D eigenvalue weighted by Crippen LogP contribution is 2.32. The van der Waals surface area contributed by atoms with Crippen LogP contribution in [0.5, 0.6) is 0 Å². The van der Waals surface area contributed by atoms with E-state index < -0.39 is 11.8 Å². The topological polar surface area (TPSA) is 49.3 Å². The third-order valence-electron chi connectivity index (χ3n) is 4.01. The number of benzene rings is 1. The highest BCUT2D eigenvalue weighted by atomic mass is 19.1. The Kier molecular flexibility index (Phi) is 4.08. The third kappa shape index (κ3) is 3.06. The van der Waals surface area contributed by atoms with E-state index in [-0.39, 0.29) is 17.3 Å². The van der Waals surface area contributed by atoms with Gasteiger partial charge in [0.2, 0.25) is 0 Å². The molecule has 0 heterocycles. The Morgan fingerprint density at radius 2 is 2.11 bits per heavy atom. The molecule has 0 radical (unpaired) electrons. The van der Waals surface area contributed by atoms with Crippen molar-refractivity contribution in [1.82, 2.24) is 0 Å². The minimum Gasteiger partial charge on any atom is -0.478 e. The Morgan fingerprint density at radius 1 is 1.37 bits per heavy atom. The minimum atomic E-state index is -1.10. The van der Waals surface area contributed by atoms with Crippen molar-refractivity contribution in [3.8, 4) is 0 Å². The van der Waals surface area contributed by atoms with E-state index in [2.05, 4.69) is 19.2 Å². The number of hydrogen-bond acceptors (Lipinski definition) is 2. The maximum absolute atomic E-state index is 13.8. The van der Waals surface area contributed by atoms with Gasteiger partial charge in [0.1, 0.15) is 5.82 Å². The summed E-state index contributed by atoms with van der Waals surface area (Å²) in [7, 11) is 0. The van der Waals surface area contributed by atoms with E-state index in [1.165, 1.54) is 18.2 Å². The first kappa shape index (κ1) is 13.8. The van der Waals surface area contributed by atoms with Gasteiger partial charge < -0.3 is 10.4 Å². The molecular weight excluding hydrogens is 245 g/mol. The predicted molar refractivity (Wildman–Crippen MR) is 72.9 cm³/mol. The Bertz CT molecular complexity index is 475. The average Bonchev–Trinajstić information content (AvgIpc) is 2.34. The lowest BCUT2D eigenvalue weighted by atomic mass is 9.79. The fourth-order valence-corrected chi connectivity index (χ4v) is 2.91. The standard InChI is InChI=1S/C15H20FNO2/c1-9-6-7-13(10(2)8-9)17-14-11(15(18)19)4-3-5-12(14)16/h3-5,9-10,13,17H,6-8H2,1-2H3,(H,18,19). The van der Waals surface area contributed by atoms with Crippen LogP contribution in [0.3, 0.4) is 0 Å². The Labute approximate surface area is 112 Å². The number of hydrogen-bond donors (Lipinski definition) is 2. The molecule has 3 nitrogen and oxygen atoms in total. The van der Waals surface area contributed by atoms with E-state index in [1.807, 2.05) is 0 Å². The smallest absolute Gasteiger partial charge is 0.337 e. The van der Waals surface area contributed by atoms with Crippen LogP contribution in [0.15, 0.2) is 18.2 Å². The summed E-state index contributed by atoms with van der Waals surface area (Å²) in [5, 5.41) is 12.2. The molecule has 1 fully saturated rings. The van der Waals surface area contributed by atoms with Crippen molar-refractivity contribution in [3.63, 3.8) is 0 Å². The summed E-state index contributed by atoms with van der Waals surface area (Å²) in [5.74, 6) is -0.484. The number of anilines is 1. The van der Waals surface area contributed by atoms with Crippen LogP contribution in [-0.4, -0.2) is 17.1 Å². The Balaban J connectivity index is 2.21. The lowest BCUT2D eigenvalue weighted by Crippen LogP contribution is -2.33. The van der Waals surface area contributed by atoms with Gasteiger partial charge >= 0.3 is 5.97 Å². The zero-order chi connectivity index (χ0) is 14.0. The molecule has 0 aromatic heterocycles. The number of halogens is 1. The summed E-state index contributed by atoms with van der Waals surface area (Å²) < 4.78 is 13.8. The monoisotopic (exact) mass is 265 g/mol. The molecule has 104 valence electrons. The fraction of sp³-hybridized carbons (Fsp3) is 0.533. The summed E-state index contributed by atoms with van der Waals surface area (Å²) in [4.78, 5) is 11.1. The highest BCUT2D eigenvalue weighted by Gasteiger charge is 2.27. The quantitative estimate of drug-likeness (QED) is 0.874. The van der Waals surface area contributed by atoms with Crippen molar-refractivity contribution in [2.45, 2.75) is 39.2 Å². The number of carboxylic acid groups (broad SMARTS) is 1. The van der Waals surface area contributed by atoms with Crippen LogP contribution < -0.4 is 5.32 Å². The van der Waals surface area contributed by atoms with Crippen LogP contribution in [0, 0.1) is 17.7 Å². The largest absolute Gasteiger partial charge is 0.478 e. The summed E-state index contributed by atoms with van der Waals surface area (Å²) >= 11 is 0. The number of carboxylic acids is 1. The minimum absolute atomic E-state index is 0.00539. The third-order valence-corrected chi connectivity index (χ3v) is 4.01. The van der Waals surface area contributed by atoms with Crippen molar-refractivity contribution in [3.05, 3.63) is 29.6 Å². The number of rotatable bonds is 3. The van der Waals surface area contributed by atoms with Gasteiger partial charge in [-0.25, -0.2) is 9.18 Å². The molecule has 0 aliphatic heterocycles. The van der Waals surface area contributed by atoms with Gasteiger partial charge in [-0.15, -0.1) is 0 Å². The van der Waals surface area contributed by atoms with Crippen LogP contribution >= 0.6 is 0 Å². The molecule has 1 aliphatic carbocycles. The first-order valence-corrected chi connectivity index (χ1v) is 6.77. The normalized spacial score (nSPS) is 27.0. The van der Waals surface area contributed by atoms with E-state index in [9.17, 15) is 9.18 Å². The summed E-state index contributed by atoms with van der Waals surface area (Å²) in [6, 6.07) is 4.30. The van der Waals surface area contributed by atoms with Gasteiger partial charge in [-0.05, 0) is 43.2 Å². The van der Waals surface area contributed by atoms with E-state index in [0.29, 0.717) is 11.8 Å². The second kappa shape index (κ2) is 5.59. The van der Waals surface area contributed by atoms with Gasteiger partial charge in [0.15, 0.2) is 0 Å². The SMILES string of the molecule is CC1CCC(Nc2c(F)cccc2C(=O)O)C(C)C1. The summed E-state index contributed by atoms with van der Waals surface area (Å²) in [5.41, 5.74) is 0.132. The molecule has 3 unspecified atom stereocenters. The molecule has 1 aliphatic rings. The Morgan fingerprint density at radius 3 is 2.74 bits per heavy atom. The molecule has 1 saturated carbocycles. The molecule has 19 heavy (non-hydrogen) atoms. The molecule has 1 aromatic carbocycles. The zero-order valence-corrected chi connectivity index (χ0v) is 11.3. The van der Waals surface area contributed by atoms with Crippen LogP contribution in [0.25, 0.3) is 0 Å². The van der Waals surface area contributed by atoms with Crippen LogP contribution in [0.1, 0.15) is 43.5 Å². The first-order chi connectivity index (χ1) is 8.99. The van der Waals surface area contributed by atoms with Crippen molar-refractivity contribution in [2.75, 3.05) is 5.32 Å². The number of nitrogens with one attached hydrogen (secondary N) is 1. The molecule has 3 atom stereocenters. The maximum Gasteiger partial charge on any atom is 0.337 e. The second-order valence-electron chi connectivity index (χ2n) is 5.61. The molecule has 2 N–H and O–H groups in total. The van der Waals surface area contributed by atoms with Gasteiger partial charge in [0.05, 0.1) is 11.3 Å². The van der Waals surface area contributed by atoms with Crippen molar-refractivity contribution in [2.24, 2.45) is 11.8 Å². The summed E-state index contributed by atoms with van der Waals surface area (Å²) in [6.07, 6.45) is 3.14. The second-order valence-corrected chi connectivity index (χ2v) is 5.61. The number of carbonyl (C=O) groups is 1. The molecule has 1 aromatic rings. The van der Waals surface area contributed by atoms with E-state index >= 15 is 0 Å². The molecule has 0 saturated heterocycles.